The lowest BCUT2D eigenvalue weighted by Crippen LogP contribution is -2.51. The van der Waals surface area contributed by atoms with Crippen molar-refractivity contribution < 1.29 is 24.5 Å². The number of nitrogens with one attached hydrogen (secondary N) is 2. The molecule has 2 amide bonds. The maximum atomic E-state index is 12.9. The molecule has 0 bridgehead atoms. The van der Waals surface area contributed by atoms with Gasteiger partial charge in [-0.2, -0.15) is 0 Å². The topological polar surface area (TPSA) is 108 Å². The third-order valence-corrected chi connectivity index (χ3v) is 6.74. The number of ether oxygens (including phenoxy) is 1. The van der Waals surface area contributed by atoms with Gasteiger partial charge in [-0.15, -0.1) is 6.58 Å². The number of amides is 2. The minimum absolute atomic E-state index is 0.0118. The Balaban J connectivity index is 1.50. The number of aliphatic hydroxyl groups is 2. The average Bonchev–Trinajstić information content (AvgIpc) is 3.37. The fraction of sp³-hybridized carbons (Fsp3) is 0.448. The molecule has 1 aliphatic carbocycles. The Morgan fingerprint density at radius 3 is 2.33 bits per heavy atom. The highest BCUT2D eigenvalue weighted by molar-refractivity contribution is 5.86. The Bertz CT molecular complexity index is 971. The second-order valence-electron chi connectivity index (χ2n) is 9.63. The van der Waals surface area contributed by atoms with E-state index in [0.29, 0.717) is 19.4 Å². The van der Waals surface area contributed by atoms with Gasteiger partial charge >= 0.3 is 0 Å². The van der Waals surface area contributed by atoms with Gasteiger partial charge < -0.3 is 25.6 Å². The standard InChI is InChI=1S/C29H38N2O5/c1-2-8-24(28(35)31-29(21-33)15-6-7-16-29)18-27(34)30-25(19-32)17-22-11-13-26(14-12-22)36-20-23-9-4-3-5-10-23/h2-5,9-14,24-25,32-33H,1,6-8,15-21H2,(H,30,34)(H,31,35). The first kappa shape index (κ1) is 27.4. The van der Waals surface area contributed by atoms with Gasteiger partial charge in [-0.05, 0) is 48.9 Å². The Morgan fingerprint density at radius 1 is 1.03 bits per heavy atom. The molecular weight excluding hydrogens is 456 g/mol. The minimum Gasteiger partial charge on any atom is -0.489 e. The highest BCUT2D eigenvalue weighted by Crippen LogP contribution is 2.30. The number of carbonyl (C=O) groups is 2. The Kier molecular flexibility index (Phi) is 10.5. The molecule has 0 heterocycles. The Morgan fingerprint density at radius 2 is 1.72 bits per heavy atom. The van der Waals surface area contributed by atoms with Crippen LogP contribution < -0.4 is 15.4 Å². The van der Waals surface area contributed by atoms with Crippen LogP contribution in [0.4, 0.5) is 0 Å². The van der Waals surface area contributed by atoms with E-state index in [1.54, 1.807) is 6.08 Å². The van der Waals surface area contributed by atoms with Gasteiger partial charge in [0.2, 0.25) is 11.8 Å². The highest BCUT2D eigenvalue weighted by atomic mass is 16.5. The summed E-state index contributed by atoms with van der Waals surface area (Å²) in [5.74, 6) is -0.378. The van der Waals surface area contributed by atoms with E-state index < -0.39 is 17.5 Å². The number of benzene rings is 2. The predicted octanol–water partition coefficient (Wildman–Crippen LogP) is 3.29. The number of hydrogen-bond acceptors (Lipinski definition) is 5. The molecular formula is C29H38N2O5. The summed E-state index contributed by atoms with van der Waals surface area (Å²) >= 11 is 0. The molecule has 2 unspecified atom stereocenters. The molecule has 2 aromatic rings. The zero-order valence-corrected chi connectivity index (χ0v) is 20.8. The van der Waals surface area contributed by atoms with Gasteiger partial charge in [0.25, 0.3) is 0 Å². The predicted molar refractivity (Wildman–Crippen MR) is 139 cm³/mol. The summed E-state index contributed by atoms with van der Waals surface area (Å²) in [5.41, 5.74) is 1.45. The summed E-state index contributed by atoms with van der Waals surface area (Å²) in [4.78, 5) is 25.6. The minimum atomic E-state index is -0.586. The number of carbonyl (C=O) groups excluding carboxylic acids is 2. The molecule has 0 aliphatic heterocycles. The van der Waals surface area contributed by atoms with E-state index >= 15 is 0 Å². The fourth-order valence-electron chi connectivity index (χ4n) is 4.64. The molecule has 1 saturated carbocycles. The lowest BCUT2D eigenvalue weighted by atomic mass is 9.94. The first-order valence-corrected chi connectivity index (χ1v) is 12.7. The van der Waals surface area contributed by atoms with Gasteiger partial charge in [0.05, 0.1) is 30.7 Å². The van der Waals surface area contributed by atoms with E-state index in [1.165, 1.54) is 0 Å². The van der Waals surface area contributed by atoms with Crippen LogP contribution in [0.5, 0.6) is 5.75 Å². The molecule has 7 heteroatoms. The molecule has 36 heavy (non-hydrogen) atoms. The first-order valence-electron chi connectivity index (χ1n) is 12.7. The zero-order chi connectivity index (χ0) is 25.8. The summed E-state index contributed by atoms with van der Waals surface area (Å²) in [6.45, 7) is 3.88. The van der Waals surface area contributed by atoms with Crippen molar-refractivity contribution in [1.29, 1.82) is 0 Å². The van der Waals surface area contributed by atoms with Crippen molar-refractivity contribution in [1.82, 2.24) is 10.6 Å². The van der Waals surface area contributed by atoms with E-state index in [4.69, 9.17) is 4.74 Å². The van der Waals surface area contributed by atoms with Crippen LogP contribution in [0.25, 0.3) is 0 Å². The second kappa shape index (κ2) is 13.8. The quantitative estimate of drug-likeness (QED) is 0.302. The van der Waals surface area contributed by atoms with E-state index in [2.05, 4.69) is 17.2 Å². The molecule has 0 spiro atoms. The third kappa shape index (κ3) is 8.21. The van der Waals surface area contributed by atoms with E-state index in [0.717, 1.165) is 42.6 Å². The van der Waals surface area contributed by atoms with Crippen molar-refractivity contribution in [2.24, 2.45) is 5.92 Å². The normalized spacial score (nSPS) is 16.1. The highest BCUT2D eigenvalue weighted by Gasteiger charge is 2.36. The summed E-state index contributed by atoms with van der Waals surface area (Å²) < 4.78 is 5.81. The van der Waals surface area contributed by atoms with Crippen molar-refractivity contribution in [3.63, 3.8) is 0 Å². The van der Waals surface area contributed by atoms with Crippen LogP contribution in [-0.4, -0.2) is 46.8 Å². The largest absolute Gasteiger partial charge is 0.489 e. The van der Waals surface area contributed by atoms with Crippen LogP contribution in [0.3, 0.4) is 0 Å². The molecule has 1 fully saturated rings. The number of rotatable bonds is 14. The molecule has 3 rings (SSSR count). The molecule has 1 aliphatic rings. The second-order valence-corrected chi connectivity index (χ2v) is 9.63. The molecule has 0 saturated heterocycles. The van der Waals surface area contributed by atoms with Crippen LogP contribution in [0, 0.1) is 5.92 Å². The van der Waals surface area contributed by atoms with E-state index in [-0.39, 0.29) is 31.4 Å². The van der Waals surface area contributed by atoms with E-state index in [1.807, 2.05) is 54.6 Å². The molecule has 194 valence electrons. The molecule has 4 N–H and O–H groups in total. The van der Waals surface area contributed by atoms with Gasteiger partial charge in [0.1, 0.15) is 12.4 Å². The van der Waals surface area contributed by atoms with E-state index in [9.17, 15) is 19.8 Å². The third-order valence-electron chi connectivity index (χ3n) is 6.74. The van der Waals surface area contributed by atoms with Crippen molar-refractivity contribution in [3.8, 4) is 5.75 Å². The lowest BCUT2D eigenvalue weighted by molar-refractivity contribution is -0.132. The van der Waals surface area contributed by atoms with Crippen LogP contribution >= 0.6 is 0 Å². The molecule has 0 radical (unpaired) electrons. The first-order chi connectivity index (χ1) is 17.5. The molecule has 2 aromatic carbocycles. The van der Waals surface area contributed by atoms with Crippen molar-refractivity contribution >= 4 is 11.8 Å². The zero-order valence-electron chi connectivity index (χ0n) is 20.8. The lowest BCUT2D eigenvalue weighted by Gasteiger charge is -2.30. The van der Waals surface area contributed by atoms with Crippen LogP contribution in [-0.2, 0) is 22.6 Å². The van der Waals surface area contributed by atoms with Gasteiger partial charge in [-0.3, -0.25) is 9.59 Å². The SMILES string of the molecule is C=CCC(CC(=O)NC(CO)Cc1ccc(OCc2ccccc2)cc1)C(=O)NC1(CO)CCCC1. The average molecular weight is 495 g/mol. The number of allylic oxidation sites excluding steroid dienone is 1. The van der Waals surface area contributed by atoms with Gasteiger partial charge in [-0.1, -0.05) is 61.4 Å². The maximum Gasteiger partial charge on any atom is 0.224 e. The fourth-order valence-corrected chi connectivity index (χ4v) is 4.64. The number of hydrogen-bond donors (Lipinski definition) is 4. The Labute approximate surface area is 213 Å². The summed E-state index contributed by atoms with van der Waals surface area (Å²) in [6, 6.07) is 17.0. The van der Waals surface area contributed by atoms with Crippen LogP contribution in [0.15, 0.2) is 67.3 Å². The summed E-state index contributed by atoms with van der Waals surface area (Å²) in [6.07, 6.45) is 5.83. The maximum absolute atomic E-state index is 12.9. The monoisotopic (exact) mass is 494 g/mol. The molecule has 2 atom stereocenters. The Hall–Kier alpha value is -3.16. The molecule has 0 aromatic heterocycles. The smallest absolute Gasteiger partial charge is 0.224 e. The van der Waals surface area contributed by atoms with Gasteiger partial charge in [0.15, 0.2) is 0 Å². The van der Waals surface area contributed by atoms with Crippen molar-refractivity contribution in [2.75, 3.05) is 13.2 Å². The van der Waals surface area contributed by atoms with Crippen LogP contribution in [0.2, 0.25) is 0 Å². The van der Waals surface area contributed by atoms with Crippen molar-refractivity contribution in [2.45, 2.75) is 63.1 Å². The summed E-state index contributed by atoms with van der Waals surface area (Å²) in [5, 5.41) is 25.5. The van der Waals surface area contributed by atoms with Gasteiger partial charge in [-0.25, -0.2) is 0 Å². The van der Waals surface area contributed by atoms with Crippen molar-refractivity contribution in [3.05, 3.63) is 78.4 Å². The molecule has 7 nitrogen and oxygen atoms in total. The number of aliphatic hydroxyl groups excluding tert-OH is 2. The summed E-state index contributed by atoms with van der Waals surface area (Å²) in [7, 11) is 0. The van der Waals surface area contributed by atoms with Crippen LogP contribution in [0.1, 0.15) is 49.7 Å². The van der Waals surface area contributed by atoms with Gasteiger partial charge in [0, 0.05) is 6.42 Å².